The number of nitrogens with one attached hydrogen (secondary N) is 1. The molecule has 10 heteroatoms. The normalized spacial score (nSPS) is 13.7. The van der Waals surface area contributed by atoms with Gasteiger partial charge in [-0.2, -0.15) is 0 Å². The number of rotatable bonds is 57. The molecule has 0 aromatic heterocycles. The maximum Gasteiger partial charge on any atom is 0.306 e. The maximum absolute atomic E-state index is 13.5. The second kappa shape index (κ2) is 52.2. The van der Waals surface area contributed by atoms with E-state index in [1.165, 1.54) is 225 Å². The summed E-state index contributed by atoms with van der Waals surface area (Å²) >= 11 is 0. The van der Waals surface area contributed by atoms with E-state index < -0.39 is 20.0 Å². The maximum atomic E-state index is 13.5. The third-order valence-corrected chi connectivity index (χ3v) is 15.2. The van der Waals surface area contributed by atoms with Crippen LogP contribution in [0.15, 0.2) is 12.2 Å². The Morgan fingerprint density at radius 3 is 1.15 bits per heavy atom. The van der Waals surface area contributed by atoms with E-state index in [-0.39, 0.29) is 31.5 Å². The van der Waals surface area contributed by atoms with E-state index in [0.717, 1.165) is 57.8 Å². The van der Waals surface area contributed by atoms with Gasteiger partial charge in [0.15, 0.2) is 0 Å². The van der Waals surface area contributed by atoms with Crippen molar-refractivity contribution in [2.75, 3.05) is 40.9 Å². The molecule has 0 spiro atoms. The van der Waals surface area contributed by atoms with Crippen LogP contribution in [-0.2, 0) is 27.9 Å². The fourth-order valence-electron chi connectivity index (χ4n) is 9.41. The molecule has 0 rings (SSSR count). The van der Waals surface area contributed by atoms with Gasteiger partial charge in [-0.05, 0) is 31.8 Å². The summed E-state index contributed by atoms with van der Waals surface area (Å²) in [7, 11) is 1.21. The van der Waals surface area contributed by atoms with Crippen LogP contribution < -0.4 is 10.2 Å². The minimum Gasteiger partial charge on any atom is -0.756 e. The number of quaternary nitrogens is 1. The zero-order valence-electron chi connectivity index (χ0n) is 48.2. The Morgan fingerprint density at radius 1 is 0.479 bits per heavy atom. The van der Waals surface area contributed by atoms with E-state index in [2.05, 4.69) is 26.1 Å². The second-order valence-corrected chi connectivity index (χ2v) is 24.0. The van der Waals surface area contributed by atoms with E-state index in [1.807, 2.05) is 33.3 Å². The lowest BCUT2D eigenvalue weighted by atomic mass is 10.0. The molecule has 0 aliphatic heterocycles. The second-order valence-electron chi connectivity index (χ2n) is 22.6. The van der Waals surface area contributed by atoms with Gasteiger partial charge >= 0.3 is 5.97 Å². The molecule has 3 atom stereocenters. The first-order chi connectivity index (χ1) is 34.4. The molecule has 0 aliphatic carbocycles. The van der Waals surface area contributed by atoms with Crippen molar-refractivity contribution in [1.29, 1.82) is 0 Å². The van der Waals surface area contributed by atoms with Crippen molar-refractivity contribution in [3.8, 4) is 0 Å². The van der Waals surface area contributed by atoms with Crippen LogP contribution >= 0.6 is 7.82 Å². The third kappa shape index (κ3) is 53.4. The van der Waals surface area contributed by atoms with Gasteiger partial charge in [0, 0.05) is 12.8 Å². The highest BCUT2D eigenvalue weighted by Crippen LogP contribution is 2.38. The summed E-state index contributed by atoms with van der Waals surface area (Å²) in [5.41, 5.74) is 0. The number of phosphoric acid groups is 1. The van der Waals surface area contributed by atoms with E-state index >= 15 is 0 Å². The van der Waals surface area contributed by atoms with E-state index in [1.54, 1.807) is 0 Å². The summed E-state index contributed by atoms with van der Waals surface area (Å²) < 4.78 is 30.3. The Balaban J connectivity index is 5.12. The molecule has 0 aromatic rings. The van der Waals surface area contributed by atoms with Gasteiger partial charge < -0.3 is 28.5 Å². The summed E-state index contributed by atoms with van der Waals surface area (Å²) in [5.74, 6) is -0.521. The molecule has 3 unspecified atom stereocenters. The van der Waals surface area contributed by atoms with Crippen molar-refractivity contribution < 1.29 is 37.3 Å². The molecule has 71 heavy (non-hydrogen) atoms. The summed E-state index contributed by atoms with van der Waals surface area (Å²) in [4.78, 5) is 39.9. The summed E-state index contributed by atoms with van der Waals surface area (Å²) in [6, 6.07) is -0.878. The number of allylic oxidation sites excluding steroid dienone is 1. The number of amides is 1. The minimum atomic E-state index is -4.69. The number of esters is 1. The van der Waals surface area contributed by atoms with Crippen molar-refractivity contribution in [2.45, 2.75) is 328 Å². The average Bonchev–Trinajstić information content (AvgIpc) is 3.33. The Kier molecular flexibility index (Phi) is 51.3. The Morgan fingerprint density at radius 2 is 0.803 bits per heavy atom. The highest BCUT2D eigenvalue weighted by Gasteiger charge is 2.27. The Hall–Kier alpha value is -1.25. The van der Waals surface area contributed by atoms with Crippen LogP contribution in [0.5, 0.6) is 0 Å². The molecule has 0 heterocycles. The molecular weight excluding hydrogens is 904 g/mol. The quantitative estimate of drug-likeness (QED) is 0.0212. The van der Waals surface area contributed by atoms with Gasteiger partial charge in [-0.1, -0.05) is 284 Å². The molecule has 9 nitrogen and oxygen atoms in total. The van der Waals surface area contributed by atoms with Gasteiger partial charge in [0.25, 0.3) is 7.82 Å². The third-order valence-electron chi connectivity index (χ3n) is 14.2. The van der Waals surface area contributed by atoms with Crippen molar-refractivity contribution in [1.82, 2.24) is 5.32 Å². The number of ether oxygens (including phenoxy) is 1. The molecule has 0 aromatic carbocycles. The van der Waals surface area contributed by atoms with Gasteiger partial charge in [0.1, 0.15) is 19.3 Å². The topological polar surface area (TPSA) is 114 Å². The number of likely N-dealkylation sites (N-methyl/N-ethyl adjacent to an activating group) is 1. The van der Waals surface area contributed by atoms with Crippen molar-refractivity contribution in [2.24, 2.45) is 0 Å². The lowest BCUT2D eigenvalue weighted by Gasteiger charge is -2.30. The lowest BCUT2D eigenvalue weighted by molar-refractivity contribution is -0.870. The first-order valence-electron chi connectivity index (χ1n) is 31.0. The number of unbranched alkanes of at least 4 members (excludes halogenated alkanes) is 41. The SMILES string of the molecule is CCCCCCCCCCC/C=C/C(OC(=O)CCCCCCCCCCCCCCC)C(COP(=O)([O-])OCC[N+](C)(C)C)NC(=O)CCCCCCCCCCCCCCCCCCCCCCC. The number of phosphoric ester groups is 1. The summed E-state index contributed by atoms with van der Waals surface area (Å²) in [6.07, 6.45) is 58.9. The number of carbonyl (C=O) groups is 2. The molecule has 0 fully saturated rings. The van der Waals surface area contributed by atoms with Crippen LogP contribution in [0.4, 0.5) is 0 Å². The zero-order valence-corrected chi connectivity index (χ0v) is 49.1. The molecule has 422 valence electrons. The first-order valence-corrected chi connectivity index (χ1v) is 32.5. The van der Waals surface area contributed by atoms with E-state index in [0.29, 0.717) is 17.4 Å². The monoisotopic (exact) mass is 1020 g/mol. The van der Waals surface area contributed by atoms with Crippen molar-refractivity contribution >= 4 is 19.7 Å². The predicted molar refractivity (Wildman–Crippen MR) is 303 cm³/mol. The minimum absolute atomic E-state index is 0.0169. The largest absolute Gasteiger partial charge is 0.756 e. The number of carbonyl (C=O) groups excluding carboxylic acids is 2. The molecule has 0 bridgehead atoms. The standard InChI is InChI=1S/C61H121N2O7P/c1-7-10-13-16-19-22-25-27-28-29-30-31-32-33-34-36-38-41-44-47-50-53-60(64)62-58(57-69-71(66,67)68-56-55-63(4,5)6)59(52-49-46-43-40-37-24-21-18-15-12-9-3)70-61(65)54-51-48-45-42-39-35-26-23-20-17-14-11-8-2/h49,52,58-59H,7-48,50-51,53-57H2,1-6H3,(H-,62,64,66,67)/b52-49+. The predicted octanol–water partition coefficient (Wildman–Crippen LogP) is 18.2. The highest BCUT2D eigenvalue weighted by molar-refractivity contribution is 7.45. The molecule has 0 aliphatic rings. The van der Waals surface area contributed by atoms with Gasteiger partial charge in [0.05, 0.1) is 33.8 Å². The van der Waals surface area contributed by atoms with Crippen LogP contribution in [0, 0.1) is 0 Å². The highest BCUT2D eigenvalue weighted by atomic mass is 31.2. The van der Waals surface area contributed by atoms with E-state index in [9.17, 15) is 19.0 Å². The van der Waals surface area contributed by atoms with E-state index in [4.69, 9.17) is 13.8 Å². The Labute approximate surface area is 441 Å². The van der Waals surface area contributed by atoms with Gasteiger partial charge in [-0.3, -0.25) is 14.2 Å². The molecule has 0 saturated carbocycles. The number of nitrogens with zero attached hydrogens (tertiary/aromatic N) is 1. The number of hydrogen-bond acceptors (Lipinski definition) is 7. The number of hydrogen-bond donors (Lipinski definition) is 1. The van der Waals surface area contributed by atoms with Crippen LogP contribution in [-0.4, -0.2) is 69.4 Å². The average molecular weight is 1030 g/mol. The molecule has 0 saturated heterocycles. The molecular formula is C61H121N2O7P. The van der Waals surface area contributed by atoms with Crippen molar-refractivity contribution in [3.05, 3.63) is 12.2 Å². The van der Waals surface area contributed by atoms with Crippen LogP contribution in [0.3, 0.4) is 0 Å². The van der Waals surface area contributed by atoms with Gasteiger partial charge in [-0.25, -0.2) is 0 Å². The summed E-state index contributed by atoms with van der Waals surface area (Å²) in [5, 5.41) is 3.03. The molecule has 0 radical (unpaired) electrons. The lowest BCUT2D eigenvalue weighted by Crippen LogP contribution is -2.47. The first kappa shape index (κ1) is 69.8. The fraction of sp³-hybridized carbons (Fsp3) is 0.934. The summed E-state index contributed by atoms with van der Waals surface area (Å²) in [6.45, 7) is 6.88. The van der Waals surface area contributed by atoms with Gasteiger partial charge in [0.2, 0.25) is 5.91 Å². The van der Waals surface area contributed by atoms with Crippen molar-refractivity contribution in [3.63, 3.8) is 0 Å². The molecule has 1 N–H and O–H groups in total. The van der Waals surface area contributed by atoms with Crippen LogP contribution in [0.2, 0.25) is 0 Å². The van der Waals surface area contributed by atoms with Crippen LogP contribution in [0.1, 0.15) is 316 Å². The zero-order chi connectivity index (χ0) is 52.2. The fourth-order valence-corrected chi connectivity index (χ4v) is 10.1. The van der Waals surface area contributed by atoms with Crippen LogP contribution in [0.25, 0.3) is 0 Å². The smallest absolute Gasteiger partial charge is 0.306 e. The Bertz CT molecular complexity index is 1230. The van der Waals surface area contributed by atoms with Gasteiger partial charge in [-0.15, -0.1) is 0 Å². The molecule has 1 amide bonds.